The number of hydrogen-bond acceptors (Lipinski definition) is 7. The van der Waals surface area contributed by atoms with E-state index in [9.17, 15) is 27.9 Å². The number of carboxylic acids is 1. The summed E-state index contributed by atoms with van der Waals surface area (Å²) in [5, 5.41) is 13.5. The number of aliphatic carboxylic acids is 1. The van der Waals surface area contributed by atoms with Gasteiger partial charge in [0, 0.05) is 18.8 Å². The Morgan fingerprint density at radius 3 is 2.24 bits per heavy atom. The molecule has 4 unspecified atom stereocenters. The van der Waals surface area contributed by atoms with E-state index in [2.05, 4.69) is 5.32 Å². The number of carbonyl (C=O) groups excluding carboxylic acids is 2. The molecule has 10 heteroatoms. The Bertz CT molecular complexity index is 1310. The van der Waals surface area contributed by atoms with Gasteiger partial charge in [0.15, 0.2) is 0 Å². The van der Waals surface area contributed by atoms with Crippen LogP contribution in [0, 0.1) is 11.8 Å². The highest BCUT2D eigenvalue weighted by molar-refractivity contribution is 7.98. The van der Waals surface area contributed by atoms with Gasteiger partial charge in [0.1, 0.15) is 15.4 Å². The number of hydrogen-bond donors (Lipinski definition) is 2. The first kappa shape index (κ1) is 27.1. The second-order valence-electron chi connectivity index (χ2n) is 9.51. The van der Waals surface area contributed by atoms with Crippen LogP contribution in [-0.4, -0.2) is 72.3 Å². The van der Waals surface area contributed by atoms with E-state index >= 15 is 0 Å². The van der Waals surface area contributed by atoms with Crippen molar-refractivity contribution in [2.75, 3.05) is 30.6 Å². The Labute approximate surface area is 221 Å². The molecule has 0 aliphatic carbocycles. The van der Waals surface area contributed by atoms with E-state index < -0.39 is 51.0 Å². The first-order chi connectivity index (χ1) is 17.6. The van der Waals surface area contributed by atoms with E-state index in [1.165, 1.54) is 11.8 Å². The van der Waals surface area contributed by atoms with Crippen LogP contribution in [0.25, 0.3) is 12.2 Å². The van der Waals surface area contributed by atoms with Crippen molar-refractivity contribution >= 4 is 51.5 Å². The third-order valence-corrected chi connectivity index (χ3v) is 8.61. The molecule has 2 saturated heterocycles. The minimum absolute atomic E-state index is 0.151. The molecule has 0 bridgehead atoms. The van der Waals surface area contributed by atoms with Crippen LogP contribution in [-0.2, 0) is 24.2 Å². The second-order valence-corrected chi connectivity index (χ2v) is 12.8. The van der Waals surface area contributed by atoms with Crippen molar-refractivity contribution in [1.29, 1.82) is 0 Å². The van der Waals surface area contributed by atoms with Crippen molar-refractivity contribution in [2.24, 2.45) is 11.8 Å². The van der Waals surface area contributed by atoms with Crippen molar-refractivity contribution in [2.45, 2.75) is 18.0 Å². The van der Waals surface area contributed by atoms with E-state index in [0.29, 0.717) is 11.3 Å². The molecule has 4 atom stereocenters. The van der Waals surface area contributed by atoms with Crippen LogP contribution < -0.4 is 5.32 Å². The molecule has 2 aliphatic rings. The van der Waals surface area contributed by atoms with E-state index in [0.717, 1.165) is 22.3 Å². The number of rotatable bonds is 10. The number of imide groups is 1. The lowest BCUT2D eigenvalue weighted by atomic mass is 9.78. The molecule has 2 aromatic carbocycles. The van der Waals surface area contributed by atoms with Gasteiger partial charge in [-0.3, -0.25) is 24.6 Å². The summed E-state index contributed by atoms with van der Waals surface area (Å²) in [5.41, 5.74) is 1.05. The molecule has 4 rings (SSSR count). The fourth-order valence-electron chi connectivity index (χ4n) is 5.19. The fourth-order valence-corrected chi connectivity index (χ4v) is 6.23. The summed E-state index contributed by atoms with van der Waals surface area (Å²) in [7, 11) is -3.43. The smallest absolute Gasteiger partial charge is 0.324 e. The summed E-state index contributed by atoms with van der Waals surface area (Å²) in [6.07, 6.45) is 6.98. The lowest BCUT2D eigenvalue weighted by Gasteiger charge is -2.31. The van der Waals surface area contributed by atoms with Crippen molar-refractivity contribution in [3.8, 4) is 0 Å². The highest BCUT2D eigenvalue weighted by Crippen LogP contribution is 2.50. The number of nitrogens with zero attached hydrogens (tertiary/aromatic N) is 1. The summed E-state index contributed by atoms with van der Waals surface area (Å²) >= 11 is 1.46. The first-order valence-electron chi connectivity index (χ1n) is 11.9. The van der Waals surface area contributed by atoms with Gasteiger partial charge in [0.25, 0.3) is 0 Å². The first-order valence-corrected chi connectivity index (χ1v) is 15.4. The van der Waals surface area contributed by atoms with Crippen molar-refractivity contribution in [1.82, 2.24) is 10.2 Å². The van der Waals surface area contributed by atoms with E-state index in [1.807, 2.05) is 73.0 Å². The monoisotopic (exact) mass is 542 g/mol. The summed E-state index contributed by atoms with van der Waals surface area (Å²) < 4.78 is 23.4. The molecule has 37 heavy (non-hydrogen) atoms. The maximum absolute atomic E-state index is 13.5. The molecule has 2 aliphatic heterocycles. The highest BCUT2D eigenvalue weighted by Gasteiger charge is 2.68. The fraction of sp³-hybridized carbons (Fsp3) is 0.370. The van der Waals surface area contributed by atoms with Gasteiger partial charge in [-0.2, -0.15) is 11.8 Å². The lowest BCUT2D eigenvalue weighted by molar-refractivity contribution is -0.151. The van der Waals surface area contributed by atoms with Crippen LogP contribution in [0.3, 0.4) is 0 Å². The van der Waals surface area contributed by atoms with E-state index in [4.69, 9.17) is 0 Å². The SMILES string of the molecule is CSCCC1(C(=O)O)NC(c2ccc(/C=C/c3ccccc3)cc2)C2C(=O)N(CCS(C)(=O)=O)C(=O)C21. The Kier molecular flexibility index (Phi) is 7.91. The van der Waals surface area contributed by atoms with Crippen molar-refractivity contribution < 1.29 is 27.9 Å². The molecule has 196 valence electrons. The average molecular weight is 543 g/mol. The van der Waals surface area contributed by atoms with Crippen LogP contribution in [0.2, 0.25) is 0 Å². The summed E-state index contributed by atoms with van der Waals surface area (Å²) in [6, 6.07) is 16.6. The van der Waals surface area contributed by atoms with Crippen LogP contribution in [0.4, 0.5) is 0 Å². The third kappa shape index (κ3) is 5.51. The predicted molar refractivity (Wildman–Crippen MR) is 144 cm³/mol. The van der Waals surface area contributed by atoms with Gasteiger partial charge >= 0.3 is 5.97 Å². The molecule has 2 heterocycles. The van der Waals surface area contributed by atoms with Crippen LogP contribution in [0.1, 0.15) is 29.2 Å². The molecule has 0 spiro atoms. The number of fused-ring (bicyclic) bond motifs is 1. The molecule has 2 N–H and O–H groups in total. The molecular formula is C27H30N2O6S2. The minimum Gasteiger partial charge on any atom is -0.480 e. The van der Waals surface area contributed by atoms with Crippen LogP contribution >= 0.6 is 11.8 Å². The standard InChI is InChI=1S/C27H30N2O6S2/c1-36-16-14-27(26(32)33)22-21(24(30)29(25(22)31)15-17-37(2,34)35)23(28-27)20-12-10-19(11-13-20)9-8-18-6-4-3-5-7-18/h3-13,21-23,28H,14-17H2,1-2H3,(H,32,33)/b9-8+. The second kappa shape index (κ2) is 10.8. The largest absolute Gasteiger partial charge is 0.480 e. The number of carboxylic acid groups (broad SMARTS) is 1. The van der Waals surface area contributed by atoms with Gasteiger partial charge in [-0.1, -0.05) is 66.7 Å². The highest BCUT2D eigenvalue weighted by atomic mass is 32.2. The molecule has 0 aromatic heterocycles. The normalized spacial score (nSPS) is 25.7. The number of thioether (sulfide) groups is 1. The van der Waals surface area contributed by atoms with Gasteiger partial charge in [0.05, 0.1) is 17.6 Å². The van der Waals surface area contributed by atoms with E-state index in [-0.39, 0.29) is 18.7 Å². The number of carbonyl (C=O) groups is 3. The molecule has 0 radical (unpaired) electrons. The molecule has 8 nitrogen and oxygen atoms in total. The van der Waals surface area contributed by atoms with E-state index in [1.54, 1.807) is 0 Å². The molecule has 0 saturated carbocycles. The third-order valence-electron chi connectivity index (χ3n) is 7.08. The number of sulfone groups is 1. The zero-order valence-corrected chi connectivity index (χ0v) is 22.3. The minimum atomic E-state index is -3.43. The zero-order chi connectivity index (χ0) is 26.8. The maximum Gasteiger partial charge on any atom is 0.324 e. The summed E-state index contributed by atoms with van der Waals surface area (Å²) in [4.78, 5) is 40.5. The lowest BCUT2D eigenvalue weighted by Crippen LogP contribution is -2.56. The molecule has 2 aromatic rings. The Morgan fingerprint density at radius 1 is 1.05 bits per heavy atom. The van der Waals surface area contributed by atoms with Crippen LogP contribution in [0.5, 0.6) is 0 Å². The van der Waals surface area contributed by atoms with Crippen LogP contribution in [0.15, 0.2) is 54.6 Å². The van der Waals surface area contributed by atoms with Crippen molar-refractivity contribution in [3.05, 3.63) is 71.3 Å². The predicted octanol–water partition coefficient (Wildman–Crippen LogP) is 2.72. The van der Waals surface area contributed by atoms with Crippen molar-refractivity contribution in [3.63, 3.8) is 0 Å². The molecular weight excluding hydrogens is 512 g/mol. The Morgan fingerprint density at radius 2 is 1.68 bits per heavy atom. The number of likely N-dealkylation sites (tertiary alicyclic amines) is 1. The zero-order valence-electron chi connectivity index (χ0n) is 20.7. The summed E-state index contributed by atoms with van der Waals surface area (Å²) in [6.45, 7) is -0.280. The quantitative estimate of drug-likeness (QED) is 0.347. The molecule has 2 fully saturated rings. The van der Waals surface area contributed by atoms with Gasteiger partial charge in [0.2, 0.25) is 11.8 Å². The summed E-state index contributed by atoms with van der Waals surface area (Å²) in [5.74, 6) is -4.29. The Balaban J connectivity index is 1.67. The topological polar surface area (TPSA) is 121 Å². The van der Waals surface area contributed by atoms with Gasteiger partial charge in [-0.25, -0.2) is 8.42 Å². The number of nitrogens with one attached hydrogen (secondary N) is 1. The number of benzene rings is 2. The van der Waals surface area contributed by atoms with Gasteiger partial charge in [-0.15, -0.1) is 0 Å². The average Bonchev–Trinajstić information content (AvgIpc) is 3.34. The number of amides is 2. The molecule has 2 amide bonds. The van der Waals surface area contributed by atoms with Gasteiger partial charge < -0.3 is 5.11 Å². The maximum atomic E-state index is 13.5. The Hall–Kier alpha value is -2.95. The van der Waals surface area contributed by atoms with Gasteiger partial charge in [-0.05, 0) is 35.1 Å².